The molecule has 0 bridgehead atoms. The Hall–Kier alpha value is -2.08. The summed E-state index contributed by atoms with van der Waals surface area (Å²) in [5, 5.41) is 7.74. The number of hydrogen-bond acceptors (Lipinski definition) is 5. The minimum absolute atomic E-state index is 0.269. The van der Waals surface area contributed by atoms with Crippen LogP contribution in [-0.4, -0.2) is 21.6 Å². The largest absolute Gasteiger partial charge is 0.454 e. The molecule has 0 spiro atoms. The van der Waals surface area contributed by atoms with E-state index in [0.717, 1.165) is 17.2 Å². The summed E-state index contributed by atoms with van der Waals surface area (Å²) in [5.41, 5.74) is 6.48. The van der Waals surface area contributed by atoms with Crippen LogP contribution in [0.25, 0.3) is 5.69 Å². The molecule has 0 atom stereocenters. The molecule has 0 saturated carbocycles. The van der Waals surface area contributed by atoms with Crippen LogP contribution in [0.2, 0.25) is 0 Å². The van der Waals surface area contributed by atoms with Crippen LogP contribution < -0.4 is 15.2 Å². The van der Waals surface area contributed by atoms with Gasteiger partial charge in [-0.1, -0.05) is 0 Å². The molecule has 0 fully saturated rings. The number of hydrogen-bond donors (Lipinski definition) is 1. The average Bonchev–Trinajstić information content (AvgIpc) is 2.96. The molecule has 1 aromatic heterocycles. The van der Waals surface area contributed by atoms with E-state index < -0.39 is 0 Å². The van der Waals surface area contributed by atoms with Crippen LogP contribution in [0.3, 0.4) is 0 Å². The van der Waals surface area contributed by atoms with Gasteiger partial charge in [0.25, 0.3) is 0 Å². The molecule has 2 N–H and O–H groups in total. The molecular formula is C10H10N4O2. The number of aromatic nitrogens is 3. The first-order valence-corrected chi connectivity index (χ1v) is 4.87. The van der Waals surface area contributed by atoms with Crippen LogP contribution in [-0.2, 0) is 6.54 Å². The standard InChI is InChI=1S/C10H10N4O2/c11-4-10-13-12-5-14(10)7-1-2-8-9(3-7)16-6-15-8/h1-3,5H,4,6,11H2. The first-order chi connectivity index (χ1) is 7.88. The lowest BCUT2D eigenvalue weighted by Gasteiger charge is -2.05. The van der Waals surface area contributed by atoms with Crippen LogP contribution in [0, 0.1) is 0 Å². The number of ether oxygens (including phenoxy) is 2. The number of rotatable bonds is 2. The molecule has 1 aliphatic rings. The quantitative estimate of drug-likeness (QED) is 0.792. The van der Waals surface area contributed by atoms with E-state index in [-0.39, 0.29) is 6.79 Å². The third kappa shape index (κ3) is 1.31. The molecule has 0 aliphatic carbocycles. The van der Waals surface area contributed by atoms with E-state index in [4.69, 9.17) is 15.2 Å². The lowest BCUT2D eigenvalue weighted by Crippen LogP contribution is -2.06. The van der Waals surface area contributed by atoms with Gasteiger partial charge in [-0.3, -0.25) is 4.57 Å². The predicted octanol–water partition coefficient (Wildman–Crippen LogP) is 0.455. The summed E-state index contributed by atoms with van der Waals surface area (Å²) in [7, 11) is 0. The molecule has 16 heavy (non-hydrogen) atoms. The smallest absolute Gasteiger partial charge is 0.231 e. The van der Waals surface area contributed by atoms with Crippen LogP contribution in [0.15, 0.2) is 24.5 Å². The summed E-state index contributed by atoms with van der Waals surface area (Å²) in [6, 6.07) is 5.65. The molecule has 3 rings (SSSR count). The molecule has 2 heterocycles. The van der Waals surface area contributed by atoms with Crippen molar-refractivity contribution in [3.8, 4) is 17.2 Å². The molecule has 6 nitrogen and oxygen atoms in total. The van der Waals surface area contributed by atoms with Crippen molar-refractivity contribution in [2.24, 2.45) is 5.73 Å². The highest BCUT2D eigenvalue weighted by molar-refractivity contribution is 5.50. The van der Waals surface area contributed by atoms with E-state index >= 15 is 0 Å². The summed E-state index contributed by atoms with van der Waals surface area (Å²) >= 11 is 0. The van der Waals surface area contributed by atoms with Gasteiger partial charge in [-0.05, 0) is 12.1 Å². The van der Waals surface area contributed by atoms with E-state index in [9.17, 15) is 0 Å². The molecule has 1 aromatic carbocycles. The highest BCUT2D eigenvalue weighted by atomic mass is 16.7. The molecule has 2 aromatic rings. The second kappa shape index (κ2) is 3.49. The van der Waals surface area contributed by atoms with Crippen molar-refractivity contribution in [1.82, 2.24) is 14.8 Å². The van der Waals surface area contributed by atoms with Crippen molar-refractivity contribution in [3.63, 3.8) is 0 Å². The number of fused-ring (bicyclic) bond motifs is 1. The molecule has 6 heteroatoms. The van der Waals surface area contributed by atoms with Gasteiger partial charge in [0.15, 0.2) is 17.3 Å². The zero-order chi connectivity index (χ0) is 11.0. The number of nitrogens with zero attached hydrogens (tertiary/aromatic N) is 3. The molecule has 82 valence electrons. The Morgan fingerprint density at radius 3 is 3.06 bits per heavy atom. The maximum Gasteiger partial charge on any atom is 0.231 e. The molecule has 0 amide bonds. The van der Waals surface area contributed by atoms with Gasteiger partial charge in [-0.2, -0.15) is 0 Å². The maximum absolute atomic E-state index is 5.57. The lowest BCUT2D eigenvalue weighted by atomic mass is 10.2. The SMILES string of the molecule is NCc1nncn1-c1ccc2c(c1)OCO2. The van der Waals surface area contributed by atoms with Crippen LogP contribution in [0.4, 0.5) is 0 Å². The van der Waals surface area contributed by atoms with E-state index in [1.807, 2.05) is 22.8 Å². The normalized spacial score (nSPS) is 13.1. The van der Waals surface area contributed by atoms with Gasteiger partial charge in [0.05, 0.1) is 12.2 Å². The zero-order valence-electron chi connectivity index (χ0n) is 8.46. The molecule has 0 radical (unpaired) electrons. The van der Waals surface area contributed by atoms with E-state index in [1.54, 1.807) is 6.33 Å². The van der Waals surface area contributed by atoms with Crippen LogP contribution in [0.5, 0.6) is 11.5 Å². The first kappa shape index (κ1) is 9.17. The minimum Gasteiger partial charge on any atom is -0.454 e. The third-order valence-electron chi connectivity index (χ3n) is 2.44. The molecular weight excluding hydrogens is 208 g/mol. The third-order valence-corrected chi connectivity index (χ3v) is 2.44. The van der Waals surface area contributed by atoms with Gasteiger partial charge < -0.3 is 15.2 Å². The summed E-state index contributed by atoms with van der Waals surface area (Å²) in [4.78, 5) is 0. The fourth-order valence-electron chi connectivity index (χ4n) is 1.65. The fraction of sp³-hybridized carbons (Fsp3) is 0.200. The Labute approximate surface area is 91.6 Å². The Balaban J connectivity index is 2.07. The van der Waals surface area contributed by atoms with E-state index in [0.29, 0.717) is 12.4 Å². The van der Waals surface area contributed by atoms with Crippen molar-refractivity contribution in [1.29, 1.82) is 0 Å². The second-order valence-corrected chi connectivity index (χ2v) is 3.36. The Kier molecular flexibility index (Phi) is 2.00. The summed E-state index contributed by atoms with van der Waals surface area (Å²) in [6.07, 6.45) is 1.62. The predicted molar refractivity (Wildman–Crippen MR) is 55.4 cm³/mol. The van der Waals surface area contributed by atoms with Gasteiger partial charge in [0, 0.05) is 6.07 Å². The van der Waals surface area contributed by atoms with Crippen molar-refractivity contribution >= 4 is 0 Å². The van der Waals surface area contributed by atoms with Crippen molar-refractivity contribution < 1.29 is 9.47 Å². The van der Waals surface area contributed by atoms with Gasteiger partial charge >= 0.3 is 0 Å². The van der Waals surface area contributed by atoms with Crippen molar-refractivity contribution in [2.45, 2.75) is 6.54 Å². The van der Waals surface area contributed by atoms with E-state index in [2.05, 4.69) is 10.2 Å². The fourth-order valence-corrected chi connectivity index (χ4v) is 1.65. The summed E-state index contributed by atoms with van der Waals surface area (Å²) in [5.74, 6) is 2.19. The van der Waals surface area contributed by atoms with Crippen molar-refractivity contribution in [2.75, 3.05) is 6.79 Å². The summed E-state index contributed by atoms with van der Waals surface area (Å²) < 4.78 is 12.4. The minimum atomic E-state index is 0.269. The van der Waals surface area contributed by atoms with Gasteiger partial charge in [0.2, 0.25) is 6.79 Å². The second-order valence-electron chi connectivity index (χ2n) is 3.36. The van der Waals surface area contributed by atoms with E-state index in [1.165, 1.54) is 0 Å². The van der Waals surface area contributed by atoms with Crippen molar-refractivity contribution in [3.05, 3.63) is 30.4 Å². The van der Waals surface area contributed by atoms with Crippen LogP contribution in [0.1, 0.15) is 5.82 Å². The van der Waals surface area contributed by atoms with Gasteiger partial charge in [-0.15, -0.1) is 10.2 Å². The Morgan fingerprint density at radius 2 is 2.19 bits per heavy atom. The zero-order valence-corrected chi connectivity index (χ0v) is 8.46. The molecule has 1 aliphatic heterocycles. The monoisotopic (exact) mass is 218 g/mol. The summed E-state index contributed by atoms with van der Waals surface area (Å²) in [6.45, 7) is 0.610. The number of nitrogens with two attached hydrogens (primary N) is 1. The average molecular weight is 218 g/mol. The highest BCUT2D eigenvalue weighted by Crippen LogP contribution is 2.33. The number of benzene rings is 1. The lowest BCUT2D eigenvalue weighted by molar-refractivity contribution is 0.174. The van der Waals surface area contributed by atoms with Crippen LogP contribution >= 0.6 is 0 Å². The first-order valence-electron chi connectivity index (χ1n) is 4.87. The molecule has 0 saturated heterocycles. The molecule has 0 unspecified atom stereocenters. The highest BCUT2D eigenvalue weighted by Gasteiger charge is 2.14. The maximum atomic E-state index is 5.57. The topological polar surface area (TPSA) is 75.2 Å². The van der Waals surface area contributed by atoms with Gasteiger partial charge in [0.1, 0.15) is 6.33 Å². The Bertz CT molecular complexity index is 523. The van der Waals surface area contributed by atoms with Gasteiger partial charge in [-0.25, -0.2) is 0 Å². The Morgan fingerprint density at radius 1 is 1.31 bits per heavy atom.